The molecule has 0 aliphatic heterocycles. The first-order valence-electron chi connectivity index (χ1n) is 5.06. The van der Waals surface area contributed by atoms with Gasteiger partial charge in [-0.3, -0.25) is 4.68 Å². The van der Waals surface area contributed by atoms with Crippen molar-refractivity contribution in [3.63, 3.8) is 0 Å². The predicted molar refractivity (Wildman–Crippen MR) is 62.9 cm³/mol. The van der Waals surface area contributed by atoms with Crippen LogP contribution in [0.1, 0.15) is 5.69 Å². The summed E-state index contributed by atoms with van der Waals surface area (Å²) in [4.78, 5) is 0. The van der Waals surface area contributed by atoms with Gasteiger partial charge in [-0.15, -0.1) is 0 Å². The van der Waals surface area contributed by atoms with Crippen LogP contribution in [-0.4, -0.2) is 9.78 Å². The van der Waals surface area contributed by atoms with Gasteiger partial charge < -0.3 is 0 Å². The maximum absolute atomic E-state index is 9.07. The Bertz CT molecular complexity index is 732. The molecule has 0 radical (unpaired) electrons. The van der Waals surface area contributed by atoms with E-state index in [9.17, 15) is 0 Å². The quantitative estimate of drug-likeness (QED) is 0.568. The summed E-state index contributed by atoms with van der Waals surface area (Å²) in [6, 6.07) is 14.2. The third kappa shape index (κ3) is 1.04. The lowest BCUT2D eigenvalue weighted by Crippen LogP contribution is -1.92. The molecule has 0 aliphatic carbocycles. The van der Waals surface area contributed by atoms with Gasteiger partial charge in [-0.25, -0.2) is 0 Å². The molecule has 0 atom stereocenters. The van der Waals surface area contributed by atoms with E-state index in [1.807, 2.05) is 30.3 Å². The third-order valence-electron chi connectivity index (χ3n) is 2.84. The fourth-order valence-electron chi connectivity index (χ4n) is 2.06. The minimum Gasteiger partial charge on any atom is -0.257 e. The van der Waals surface area contributed by atoms with Gasteiger partial charge in [0.15, 0.2) is 0 Å². The second-order valence-electron chi connectivity index (χ2n) is 3.77. The van der Waals surface area contributed by atoms with Crippen molar-refractivity contribution in [3.8, 4) is 6.07 Å². The molecular weight excluding hydrogens is 198 g/mol. The van der Waals surface area contributed by atoms with E-state index in [1.54, 1.807) is 11.7 Å². The molecule has 1 aromatic heterocycles. The highest BCUT2D eigenvalue weighted by molar-refractivity contribution is 6.06. The summed E-state index contributed by atoms with van der Waals surface area (Å²) in [5.74, 6) is 0. The first kappa shape index (κ1) is 8.93. The predicted octanol–water partition coefficient (Wildman–Crippen LogP) is 2.60. The number of rotatable bonds is 0. The number of aromatic nitrogens is 2. The van der Waals surface area contributed by atoms with Crippen LogP contribution in [0, 0.1) is 11.3 Å². The van der Waals surface area contributed by atoms with E-state index in [0.717, 1.165) is 21.7 Å². The fraction of sp³-hybridized carbons (Fsp3) is 0.0769. The summed E-state index contributed by atoms with van der Waals surface area (Å²) < 4.78 is 1.64. The van der Waals surface area contributed by atoms with Gasteiger partial charge in [0.1, 0.15) is 17.3 Å². The van der Waals surface area contributed by atoms with Gasteiger partial charge in [0.25, 0.3) is 0 Å². The first-order chi connectivity index (χ1) is 7.81. The SMILES string of the molecule is Cn1nc2c(ccc3ccccc32)c1C#N. The topological polar surface area (TPSA) is 41.6 Å². The number of hydrogen-bond donors (Lipinski definition) is 0. The zero-order valence-corrected chi connectivity index (χ0v) is 8.81. The molecule has 0 N–H and O–H groups in total. The van der Waals surface area contributed by atoms with Gasteiger partial charge in [-0.2, -0.15) is 10.4 Å². The van der Waals surface area contributed by atoms with E-state index < -0.39 is 0 Å². The normalized spacial score (nSPS) is 10.8. The number of nitrogens with zero attached hydrogens (tertiary/aromatic N) is 3. The molecule has 0 bridgehead atoms. The molecule has 0 aliphatic rings. The number of aryl methyl sites for hydroxylation is 1. The van der Waals surface area contributed by atoms with E-state index in [2.05, 4.69) is 17.2 Å². The molecule has 76 valence electrons. The van der Waals surface area contributed by atoms with Gasteiger partial charge >= 0.3 is 0 Å². The molecule has 0 fully saturated rings. The summed E-state index contributed by atoms with van der Waals surface area (Å²) >= 11 is 0. The molecule has 3 rings (SSSR count). The van der Waals surface area contributed by atoms with E-state index >= 15 is 0 Å². The average Bonchev–Trinajstić information content (AvgIpc) is 2.65. The van der Waals surface area contributed by atoms with E-state index in [0.29, 0.717) is 5.69 Å². The Morgan fingerprint density at radius 2 is 1.94 bits per heavy atom. The summed E-state index contributed by atoms with van der Waals surface area (Å²) in [6.07, 6.45) is 0. The van der Waals surface area contributed by atoms with Crippen molar-refractivity contribution in [1.82, 2.24) is 9.78 Å². The average molecular weight is 207 g/mol. The molecule has 0 amide bonds. The molecular formula is C13H9N3. The van der Waals surface area contributed by atoms with Gasteiger partial charge in [0.05, 0.1) is 0 Å². The second-order valence-corrected chi connectivity index (χ2v) is 3.77. The number of fused-ring (bicyclic) bond motifs is 3. The van der Waals surface area contributed by atoms with Crippen molar-refractivity contribution in [2.24, 2.45) is 7.05 Å². The Morgan fingerprint density at radius 3 is 2.75 bits per heavy atom. The number of nitriles is 1. The Balaban J connectivity index is 2.59. The first-order valence-corrected chi connectivity index (χ1v) is 5.06. The molecule has 2 aromatic carbocycles. The van der Waals surface area contributed by atoms with Crippen molar-refractivity contribution in [2.45, 2.75) is 0 Å². The summed E-state index contributed by atoms with van der Waals surface area (Å²) in [6.45, 7) is 0. The van der Waals surface area contributed by atoms with Crippen LogP contribution >= 0.6 is 0 Å². The summed E-state index contributed by atoms with van der Waals surface area (Å²) in [5, 5.41) is 16.6. The van der Waals surface area contributed by atoms with Crippen LogP contribution in [0.5, 0.6) is 0 Å². The van der Waals surface area contributed by atoms with Crippen molar-refractivity contribution in [1.29, 1.82) is 5.26 Å². The van der Waals surface area contributed by atoms with Crippen LogP contribution in [0.15, 0.2) is 36.4 Å². The molecule has 0 unspecified atom stereocenters. The van der Waals surface area contributed by atoms with Crippen LogP contribution < -0.4 is 0 Å². The Labute approximate surface area is 92.5 Å². The lowest BCUT2D eigenvalue weighted by atomic mass is 10.1. The van der Waals surface area contributed by atoms with Gasteiger partial charge in [-0.1, -0.05) is 30.3 Å². The summed E-state index contributed by atoms with van der Waals surface area (Å²) in [5.41, 5.74) is 1.51. The largest absolute Gasteiger partial charge is 0.257 e. The van der Waals surface area contributed by atoms with E-state index in [4.69, 9.17) is 5.26 Å². The molecule has 0 saturated carbocycles. The number of benzene rings is 2. The Kier molecular flexibility index (Phi) is 1.72. The van der Waals surface area contributed by atoms with E-state index in [1.165, 1.54) is 0 Å². The second kappa shape index (κ2) is 3.07. The number of hydrogen-bond acceptors (Lipinski definition) is 2. The van der Waals surface area contributed by atoms with Crippen LogP contribution in [-0.2, 0) is 7.05 Å². The van der Waals surface area contributed by atoms with Crippen LogP contribution in [0.25, 0.3) is 21.7 Å². The lowest BCUT2D eigenvalue weighted by molar-refractivity contribution is 0.768. The van der Waals surface area contributed by atoms with Gasteiger partial charge in [0.2, 0.25) is 0 Å². The van der Waals surface area contributed by atoms with Crippen LogP contribution in [0.3, 0.4) is 0 Å². The fourth-order valence-corrected chi connectivity index (χ4v) is 2.06. The van der Waals surface area contributed by atoms with Crippen molar-refractivity contribution < 1.29 is 0 Å². The minimum atomic E-state index is 0.612. The molecule has 1 heterocycles. The zero-order valence-electron chi connectivity index (χ0n) is 8.81. The molecule has 3 heteroatoms. The Hall–Kier alpha value is -2.34. The highest BCUT2D eigenvalue weighted by atomic mass is 15.3. The summed E-state index contributed by atoms with van der Waals surface area (Å²) in [7, 11) is 1.80. The molecule has 16 heavy (non-hydrogen) atoms. The highest BCUT2D eigenvalue weighted by Gasteiger charge is 2.10. The molecule has 0 saturated heterocycles. The smallest absolute Gasteiger partial charge is 0.146 e. The molecule has 3 nitrogen and oxygen atoms in total. The third-order valence-corrected chi connectivity index (χ3v) is 2.84. The maximum Gasteiger partial charge on any atom is 0.146 e. The van der Waals surface area contributed by atoms with Gasteiger partial charge in [0, 0.05) is 17.8 Å². The van der Waals surface area contributed by atoms with Crippen molar-refractivity contribution in [2.75, 3.05) is 0 Å². The maximum atomic E-state index is 9.07. The highest BCUT2D eigenvalue weighted by Crippen LogP contribution is 2.25. The minimum absolute atomic E-state index is 0.612. The zero-order chi connectivity index (χ0) is 11.1. The van der Waals surface area contributed by atoms with E-state index in [-0.39, 0.29) is 0 Å². The molecule has 3 aromatic rings. The van der Waals surface area contributed by atoms with Crippen LogP contribution in [0.4, 0.5) is 0 Å². The monoisotopic (exact) mass is 207 g/mol. The van der Waals surface area contributed by atoms with Gasteiger partial charge in [-0.05, 0) is 11.5 Å². The van der Waals surface area contributed by atoms with Crippen molar-refractivity contribution >= 4 is 21.7 Å². The standard InChI is InChI=1S/C13H9N3/c1-16-12(8-14)11-7-6-9-4-2-3-5-10(9)13(11)15-16/h2-7H,1H3. The molecule has 0 spiro atoms. The Morgan fingerprint density at radius 1 is 1.12 bits per heavy atom. The van der Waals surface area contributed by atoms with Crippen LogP contribution in [0.2, 0.25) is 0 Å². The van der Waals surface area contributed by atoms with Crippen molar-refractivity contribution in [3.05, 3.63) is 42.1 Å². The lowest BCUT2D eigenvalue weighted by Gasteiger charge is -1.96.